The van der Waals surface area contributed by atoms with Crippen LogP contribution in [-0.4, -0.2) is 21.7 Å². The highest BCUT2D eigenvalue weighted by Crippen LogP contribution is 2.27. The van der Waals surface area contributed by atoms with Gasteiger partial charge in [0.2, 0.25) is 0 Å². The Balaban J connectivity index is 1.98. The predicted octanol–water partition coefficient (Wildman–Crippen LogP) is 6.75. The van der Waals surface area contributed by atoms with E-state index >= 15 is 0 Å². The molecule has 3 rings (SSSR count). The van der Waals surface area contributed by atoms with Gasteiger partial charge in [-0.1, -0.05) is 55.4 Å². The van der Waals surface area contributed by atoms with Crippen LogP contribution in [0.2, 0.25) is 0 Å². The Morgan fingerprint density at radius 1 is 0.967 bits per heavy atom. The van der Waals surface area contributed by atoms with E-state index in [1.54, 1.807) is 18.2 Å². The third kappa shape index (κ3) is 6.32. The first-order valence-electron chi connectivity index (χ1n) is 9.84. The standard InChI is InChI=1S/C24H24F2N2OS/c1-2-3-14-28(17-18-8-7-9-20(29)15-18)24(30-21-10-5-4-6-11-21)27-19-12-13-22(25)23(26)16-19/h4-13,15-16,29H,2-3,14,17H2,1H3. The lowest BCUT2D eigenvalue weighted by Crippen LogP contribution is -2.29. The SMILES string of the molecule is CCCCN(Cc1cccc(O)c1)C(=Nc1ccc(F)c(F)c1)Sc1ccccc1. The molecule has 0 aliphatic heterocycles. The maximum Gasteiger partial charge on any atom is 0.169 e. The van der Waals surface area contributed by atoms with E-state index < -0.39 is 11.6 Å². The number of phenols is 1. The number of unbranched alkanes of at least 4 members (excludes halogenated alkanes) is 1. The molecule has 0 saturated heterocycles. The van der Waals surface area contributed by atoms with Crippen molar-refractivity contribution in [1.82, 2.24) is 4.90 Å². The number of nitrogens with zero attached hydrogens (tertiary/aromatic N) is 2. The number of hydrogen-bond acceptors (Lipinski definition) is 3. The molecule has 156 valence electrons. The van der Waals surface area contributed by atoms with E-state index in [4.69, 9.17) is 0 Å². The molecule has 0 unspecified atom stereocenters. The zero-order chi connectivity index (χ0) is 21.3. The summed E-state index contributed by atoms with van der Waals surface area (Å²) < 4.78 is 27.1. The lowest BCUT2D eigenvalue weighted by molar-refractivity contribution is 0.407. The molecule has 0 atom stereocenters. The van der Waals surface area contributed by atoms with Gasteiger partial charge >= 0.3 is 0 Å². The van der Waals surface area contributed by atoms with Crippen molar-refractivity contribution in [1.29, 1.82) is 0 Å². The van der Waals surface area contributed by atoms with Gasteiger partial charge < -0.3 is 10.0 Å². The zero-order valence-electron chi connectivity index (χ0n) is 16.8. The Bertz CT molecular complexity index is 996. The van der Waals surface area contributed by atoms with Crippen molar-refractivity contribution < 1.29 is 13.9 Å². The first-order valence-corrected chi connectivity index (χ1v) is 10.7. The van der Waals surface area contributed by atoms with E-state index in [1.807, 2.05) is 36.4 Å². The maximum absolute atomic E-state index is 13.8. The molecule has 0 fully saturated rings. The van der Waals surface area contributed by atoms with Gasteiger partial charge in [0.15, 0.2) is 16.8 Å². The van der Waals surface area contributed by atoms with Crippen LogP contribution in [0.25, 0.3) is 0 Å². The van der Waals surface area contributed by atoms with Crippen LogP contribution in [0.1, 0.15) is 25.3 Å². The number of amidine groups is 1. The molecule has 0 radical (unpaired) electrons. The molecule has 6 heteroatoms. The largest absolute Gasteiger partial charge is 0.508 e. The number of thioether (sulfide) groups is 1. The summed E-state index contributed by atoms with van der Waals surface area (Å²) in [5.41, 5.74) is 1.29. The molecular formula is C24H24F2N2OS. The number of aliphatic imine (C=N–C) groups is 1. The molecular weight excluding hydrogens is 402 g/mol. The smallest absolute Gasteiger partial charge is 0.169 e. The van der Waals surface area contributed by atoms with E-state index in [2.05, 4.69) is 16.8 Å². The van der Waals surface area contributed by atoms with Gasteiger partial charge in [0.1, 0.15) is 5.75 Å². The number of benzene rings is 3. The lowest BCUT2D eigenvalue weighted by Gasteiger charge is -2.26. The highest BCUT2D eigenvalue weighted by atomic mass is 32.2. The van der Waals surface area contributed by atoms with Crippen LogP contribution < -0.4 is 0 Å². The summed E-state index contributed by atoms with van der Waals surface area (Å²) in [7, 11) is 0. The van der Waals surface area contributed by atoms with Crippen LogP contribution in [0.5, 0.6) is 5.75 Å². The Labute approximate surface area is 180 Å². The van der Waals surface area contributed by atoms with E-state index in [0.717, 1.165) is 42.0 Å². The monoisotopic (exact) mass is 426 g/mol. The number of halogens is 2. The summed E-state index contributed by atoms with van der Waals surface area (Å²) in [6, 6.07) is 20.6. The fraction of sp³-hybridized carbons (Fsp3) is 0.208. The molecule has 0 bridgehead atoms. The van der Waals surface area contributed by atoms with Crippen LogP contribution in [-0.2, 0) is 6.54 Å². The average molecular weight is 427 g/mol. The second-order valence-electron chi connectivity index (χ2n) is 6.85. The Morgan fingerprint density at radius 3 is 2.47 bits per heavy atom. The van der Waals surface area contributed by atoms with Gasteiger partial charge in [0.25, 0.3) is 0 Å². The third-order valence-corrected chi connectivity index (χ3v) is 5.46. The molecule has 3 nitrogen and oxygen atoms in total. The van der Waals surface area contributed by atoms with E-state index in [1.165, 1.54) is 17.8 Å². The van der Waals surface area contributed by atoms with Crippen molar-refractivity contribution in [3.05, 3.63) is 90.0 Å². The molecule has 0 aliphatic rings. The average Bonchev–Trinajstić information content (AvgIpc) is 2.74. The number of phenolic OH excluding ortho intramolecular Hbond substituents is 1. The topological polar surface area (TPSA) is 35.8 Å². The van der Waals surface area contributed by atoms with Crippen LogP contribution in [0.15, 0.2) is 82.7 Å². The summed E-state index contributed by atoms with van der Waals surface area (Å²) in [5.74, 6) is -1.61. The highest BCUT2D eigenvalue weighted by molar-refractivity contribution is 8.13. The van der Waals surface area contributed by atoms with Crippen molar-refractivity contribution in [2.24, 2.45) is 4.99 Å². The molecule has 3 aromatic carbocycles. The molecule has 0 heterocycles. The highest BCUT2D eigenvalue weighted by Gasteiger charge is 2.15. The fourth-order valence-corrected chi connectivity index (χ4v) is 3.82. The molecule has 0 spiro atoms. The van der Waals surface area contributed by atoms with E-state index in [9.17, 15) is 13.9 Å². The van der Waals surface area contributed by atoms with Crippen molar-refractivity contribution in [3.63, 3.8) is 0 Å². The number of hydrogen-bond donors (Lipinski definition) is 1. The lowest BCUT2D eigenvalue weighted by atomic mass is 10.2. The number of aromatic hydroxyl groups is 1. The molecule has 1 N–H and O–H groups in total. The zero-order valence-corrected chi connectivity index (χ0v) is 17.6. The first-order chi connectivity index (χ1) is 14.5. The summed E-state index contributed by atoms with van der Waals surface area (Å²) in [5, 5.41) is 10.5. The van der Waals surface area contributed by atoms with Gasteiger partial charge in [-0.15, -0.1) is 0 Å². The Kier molecular flexibility index (Phi) is 7.85. The summed E-state index contributed by atoms with van der Waals surface area (Å²) >= 11 is 1.47. The van der Waals surface area contributed by atoms with Crippen LogP contribution in [0, 0.1) is 11.6 Å². The van der Waals surface area contributed by atoms with Crippen LogP contribution in [0.4, 0.5) is 14.5 Å². The second kappa shape index (κ2) is 10.8. The van der Waals surface area contributed by atoms with Crippen LogP contribution in [0.3, 0.4) is 0 Å². The van der Waals surface area contributed by atoms with Gasteiger partial charge in [0, 0.05) is 24.1 Å². The molecule has 30 heavy (non-hydrogen) atoms. The first kappa shape index (κ1) is 21.8. The van der Waals surface area contributed by atoms with Crippen molar-refractivity contribution in [2.75, 3.05) is 6.54 Å². The summed E-state index contributed by atoms with van der Waals surface area (Å²) in [6.07, 6.45) is 1.95. The van der Waals surface area contributed by atoms with Gasteiger partial charge in [-0.25, -0.2) is 13.8 Å². The van der Waals surface area contributed by atoms with Gasteiger partial charge in [-0.2, -0.15) is 0 Å². The van der Waals surface area contributed by atoms with Gasteiger partial charge in [-0.3, -0.25) is 0 Å². The molecule has 0 aromatic heterocycles. The van der Waals surface area contributed by atoms with Crippen molar-refractivity contribution >= 4 is 22.6 Å². The van der Waals surface area contributed by atoms with Crippen LogP contribution >= 0.6 is 11.8 Å². The summed E-state index contributed by atoms with van der Waals surface area (Å²) in [4.78, 5) is 7.77. The minimum atomic E-state index is -0.923. The second-order valence-corrected chi connectivity index (χ2v) is 7.89. The fourth-order valence-electron chi connectivity index (χ4n) is 2.88. The number of rotatable bonds is 7. The minimum absolute atomic E-state index is 0.206. The van der Waals surface area contributed by atoms with Crippen molar-refractivity contribution in [3.8, 4) is 5.75 Å². The summed E-state index contributed by atoms with van der Waals surface area (Å²) in [6.45, 7) is 3.40. The van der Waals surface area contributed by atoms with Gasteiger partial charge in [-0.05, 0) is 48.4 Å². The van der Waals surface area contributed by atoms with E-state index in [0.29, 0.717) is 17.4 Å². The molecule has 3 aromatic rings. The normalized spacial score (nSPS) is 11.5. The van der Waals surface area contributed by atoms with E-state index in [-0.39, 0.29) is 5.75 Å². The molecule has 0 saturated carbocycles. The Hall–Kier alpha value is -2.86. The maximum atomic E-state index is 13.8. The van der Waals surface area contributed by atoms with Gasteiger partial charge in [0.05, 0.1) is 5.69 Å². The Morgan fingerprint density at radius 2 is 1.77 bits per heavy atom. The molecule has 0 amide bonds. The van der Waals surface area contributed by atoms with Crippen molar-refractivity contribution in [2.45, 2.75) is 31.2 Å². The predicted molar refractivity (Wildman–Crippen MR) is 119 cm³/mol. The minimum Gasteiger partial charge on any atom is -0.508 e. The quantitative estimate of drug-likeness (QED) is 0.258. The third-order valence-electron chi connectivity index (χ3n) is 4.42. The molecule has 0 aliphatic carbocycles.